The van der Waals surface area contributed by atoms with Crippen molar-refractivity contribution in [2.24, 2.45) is 9.98 Å². The van der Waals surface area contributed by atoms with Crippen molar-refractivity contribution in [3.8, 4) is 0 Å². The first-order chi connectivity index (χ1) is 9.84. The third-order valence-electron chi connectivity index (χ3n) is 3.34. The molecule has 0 aromatic heterocycles. The minimum Gasteiger partial charge on any atom is -0.361 e. The van der Waals surface area contributed by atoms with Crippen LogP contribution in [0.15, 0.2) is 9.98 Å². The smallest absolute Gasteiger partial charge is 0.314 e. The third kappa shape index (κ3) is 5.46. The fourth-order valence-corrected chi connectivity index (χ4v) is 2.20. The molecule has 0 saturated heterocycles. The third-order valence-corrected chi connectivity index (χ3v) is 3.34. The van der Waals surface area contributed by atoms with Gasteiger partial charge in [0.25, 0.3) is 0 Å². The molecule has 0 atom stereocenters. The molecule has 2 rings (SSSR count). The van der Waals surface area contributed by atoms with Crippen LogP contribution >= 0.6 is 0 Å². The lowest BCUT2D eigenvalue weighted by molar-refractivity contribution is 0.240. The lowest BCUT2D eigenvalue weighted by atomic mass is 10.4. The Balaban J connectivity index is 1.40. The Morgan fingerprint density at radius 1 is 0.950 bits per heavy atom. The number of carbonyl (C=O) groups is 1. The van der Waals surface area contributed by atoms with Gasteiger partial charge in [-0.25, -0.2) is 4.79 Å². The highest BCUT2D eigenvalue weighted by atomic mass is 16.2. The number of rotatable bonds is 8. The van der Waals surface area contributed by atoms with Crippen molar-refractivity contribution in [1.82, 2.24) is 20.4 Å². The molecule has 0 aromatic rings. The van der Waals surface area contributed by atoms with E-state index in [0.29, 0.717) is 13.1 Å². The zero-order chi connectivity index (χ0) is 14.0. The Labute approximate surface area is 120 Å². The van der Waals surface area contributed by atoms with Gasteiger partial charge < -0.3 is 20.4 Å². The summed E-state index contributed by atoms with van der Waals surface area (Å²) in [6, 6.07) is -0.0739. The SMILES string of the molecule is O=C(NCCCN1C=NCC1)NCCCN1C=NCC1. The molecule has 0 spiro atoms. The zero-order valence-electron chi connectivity index (χ0n) is 11.9. The van der Waals surface area contributed by atoms with Crippen molar-refractivity contribution in [1.29, 1.82) is 0 Å². The highest BCUT2D eigenvalue weighted by Gasteiger charge is 2.06. The van der Waals surface area contributed by atoms with Crippen LogP contribution < -0.4 is 10.6 Å². The summed E-state index contributed by atoms with van der Waals surface area (Å²) in [4.78, 5) is 24.2. The number of hydrogen-bond donors (Lipinski definition) is 2. The van der Waals surface area contributed by atoms with Gasteiger partial charge in [0.2, 0.25) is 0 Å². The number of hydrogen-bond acceptors (Lipinski definition) is 5. The van der Waals surface area contributed by atoms with Crippen molar-refractivity contribution >= 4 is 18.7 Å². The molecule has 0 aromatic carbocycles. The molecule has 2 heterocycles. The maximum atomic E-state index is 11.5. The first kappa shape index (κ1) is 14.6. The van der Waals surface area contributed by atoms with E-state index in [9.17, 15) is 4.79 Å². The van der Waals surface area contributed by atoms with Gasteiger partial charge in [-0.1, -0.05) is 0 Å². The van der Waals surface area contributed by atoms with Crippen molar-refractivity contribution in [3.63, 3.8) is 0 Å². The van der Waals surface area contributed by atoms with Crippen molar-refractivity contribution in [2.75, 3.05) is 52.4 Å². The number of nitrogens with one attached hydrogen (secondary N) is 2. The predicted molar refractivity (Wildman–Crippen MR) is 80.5 cm³/mol. The lowest BCUT2D eigenvalue weighted by Gasteiger charge is -2.15. The molecule has 20 heavy (non-hydrogen) atoms. The van der Waals surface area contributed by atoms with E-state index in [4.69, 9.17) is 0 Å². The van der Waals surface area contributed by atoms with Gasteiger partial charge in [0, 0.05) is 39.3 Å². The first-order valence-corrected chi connectivity index (χ1v) is 7.34. The van der Waals surface area contributed by atoms with E-state index in [-0.39, 0.29) is 6.03 Å². The summed E-state index contributed by atoms with van der Waals surface area (Å²) in [7, 11) is 0. The van der Waals surface area contributed by atoms with Gasteiger partial charge in [0.05, 0.1) is 25.8 Å². The van der Waals surface area contributed by atoms with Gasteiger partial charge in [0.1, 0.15) is 0 Å². The van der Waals surface area contributed by atoms with Crippen LogP contribution in [0.5, 0.6) is 0 Å². The molecule has 0 saturated carbocycles. The molecule has 7 nitrogen and oxygen atoms in total. The van der Waals surface area contributed by atoms with Crippen LogP contribution in [-0.2, 0) is 0 Å². The van der Waals surface area contributed by atoms with Gasteiger partial charge >= 0.3 is 6.03 Å². The largest absolute Gasteiger partial charge is 0.361 e. The van der Waals surface area contributed by atoms with Crippen molar-refractivity contribution in [2.45, 2.75) is 12.8 Å². The Kier molecular flexibility index (Phi) is 6.13. The molecule has 0 fully saturated rings. The Hall–Kier alpha value is -1.79. The van der Waals surface area contributed by atoms with Crippen molar-refractivity contribution < 1.29 is 4.79 Å². The molecule has 2 aliphatic rings. The molecule has 0 radical (unpaired) electrons. The number of carbonyl (C=O) groups excluding carboxylic acids is 1. The van der Waals surface area contributed by atoms with E-state index in [1.165, 1.54) is 0 Å². The number of nitrogens with zero attached hydrogens (tertiary/aromatic N) is 4. The average Bonchev–Trinajstić information content (AvgIpc) is 3.13. The second-order valence-electron chi connectivity index (χ2n) is 5.01. The molecule has 2 aliphatic heterocycles. The summed E-state index contributed by atoms with van der Waals surface area (Å²) in [6.45, 7) is 7.13. The van der Waals surface area contributed by atoms with Crippen LogP contribution in [-0.4, -0.2) is 80.9 Å². The van der Waals surface area contributed by atoms with E-state index in [0.717, 1.165) is 52.1 Å². The first-order valence-electron chi connectivity index (χ1n) is 7.34. The van der Waals surface area contributed by atoms with Gasteiger partial charge in [-0.2, -0.15) is 0 Å². The maximum absolute atomic E-state index is 11.5. The van der Waals surface area contributed by atoms with E-state index in [1.807, 2.05) is 12.7 Å². The predicted octanol–water partition coefficient (Wildman–Crippen LogP) is -0.246. The monoisotopic (exact) mass is 280 g/mol. The van der Waals surface area contributed by atoms with Crippen molar-refractivity contribution in [3.05, 3.63) is 0 Å². The Morgan fingerprint density at radius 2 is 1.45 bits per heavy atom. The quantitative estimate of drug-likeness (QED) is 0.602. The fraction of sp³-hybridized carbons (Fsp3) is 0.769. The molecular weight excluding hydrogens is 256 g/mol. The summed E-state index contributed by atoms with van der Waals surface area (Å²) in [5, 5.41) is 5.75. The second kappa shape index (κ2) is 8.39. The minimum atomic E-state index is -0.0739. The molecular formula is C13H24N6O. The minimum absolute atomic E-state index is 0.0739. The second-order valence-corrected chi connectivity index (χ2v) is 5.01. The van der Waals surface area contributed by atoms with Crippen LogP contribution in [0.25, 0.3) is 0 Å². The number of aliphatic imine (C=N–C) groups is 2. The van der Waals surface area contributed by atoms with Gasteiger partial charge in [-0.3, -0.25) is 9.98 Å². The van der Waals surface area contributed by atoms with E-state index >= 15 is 0 Å². The summed E-state index contributed by atoms with van der Waals surface area (Å²) in [6.07, 6.45) is 5.68. The Bertz CT molecular complexity index is 325. The summed E-state index contributed by atoms with van der Waals surface area (Å²) in [5.41, 5.74) is 0. The molecule has 0 bridgehead atoms. The fourth-order valence-electron chi connectivity index (χ4n) is 2.20. The zero-order valence-corrected chi connectivity index (χ0v) is 11.9. The standard InChI is InChI=1S/C13H24N6O/c20-13(16-3-1-7-18-9-5-14-11-18)17-4-2-8-19-10-6-15-12-19/h11-12H,1-10H2,(H2,16,17,20). The Morgan fingerprint density at radius 3 is 1.85 bits per heavy atom. The van der Waals surface area contributed by atoms with Gasteiger partial charge in [0.15, 0.2) is 0 Å². The highest BCUT2D eigenvalue weighted by Crippen LogP contribution is 1.95. The summed E-state index contributed by atoms with van der Waals surface area (Å²) in [5.74, 6) is 0. The molecule has 7 heteroatoms. The van der Waals surface area contributed by atoms with Crippen LogP contribution in [0.2, 0.25) is 0 Å². The highest BCUT2D eigenvalue weighted by molar-refractivity contribution is 5.73. The van der Waals surface area contributed by atoms with Crippen LogP contribution in [0.4, 0.5) is 4.79 Å². The molecule has 0 aliphatic carbocycles. The molecule has 2 N–H and O–H groups in total. The van der Waals surface area contributed by atoms with Gasteiger partial charge in [-0.15, -0.1) is 0 Å². The summed E-state index contributed by atoms with van der Waals surface area (Å²) < 4.78 is 0. The van der Waals surface area contributed by atoms with Gasteiger partial charge in [-0.05, 0) is 12.8 Å². The van der Waals surface area contributed by atoms with E-state index in [2.05, 4.69) is 30.4 Å². The topological polar surface area (TPSA) is 72.3 Å². The maximum Gasteiger partial charge on any atom is 0.314 e. The number of urea groups is 1. The lowest BCUT2D eigenvalue weighted by Crippen LogP contribution is -2.38. The summed E-state index contributed by atoms with van der Waals surface area (Å²) >= 11 is 0. The number of amides is 2. The van der Waals surface area contributed by atoms with Crippen LogP contribution in [0.1, 0.15) is 12.8 Å². The molecule has 2 amide bonds. The normalized spacial score (nSPS) is 17.0. The average molecular weight is 280 g/mol. The molecule has 112 valence electrons. The molecule has 0 unspecified atom stereocenters. The van der Waals surface area contributed by atoms with E-state index in [1.54, 1.807) is 0 Å². The van der Waals surface area contributed by atoms with Crippen LogP contribution in [0, 0.1) is 0 Å². The van der Waals surface area contributed by atoms with Crippen LogP contribution in [0.3, 0.4) is 0 Å². The van der Waals surface area contributed by atoms with E-state index < -0.39 is 0 Å².